The zero-order chi connectivity index (χ0) is 13.7. The average molecular weight is 255 g/mol. The van der Waals surface area contributed by atoms with Gasteiger partial charge >= 0.3 is 0 Å². The number of aliphatic hydroxyl groups is 2. The first kappa shape index (κ1) is 14.4. The molecule has 0 fully saturated rings. The van der Waals surface area contributed by atoms with Gasteiger partial charge in [0, 0.05) is 12.1 Å². The van der Waals surface area contributed by atoms with Gasteiger partial charge in [-0.2, -0.15) is 0 Å². The molecule has 0 saturated carbocycles. The van der Waals surface area contributed by atoms with E-state index in [1.165, 1.54) is 19.2 Å². The van der Waals surface area contributed by atoms with Gasteiger partial charge in [-0.25, -0.2) is 0 Å². The number of ether oxygens (including phenoxy) is 1. The smallest absolute Gasteiger partial charge is 0.161 e. The van der Waals surface area contributed by atoms with Crippen LogP contribution < -0.4 is 10.1 Å². The van der Waals surface area contributed by atoms with Crippen LogP contribution in [0.3, 0.4) is 0 Å². The van der Waals surface area contributed by atoms with Crippen LogP contribution in [-0.4, -0.2) is 48.4 Å². The maximum absolute atomic E-state index is 10.9. The van der Waals surface area contributed by atoms with E-state index in [-0.39, 0.29) is 29.2 Å². The number of hydrogen-bond acceptors (Lipinski definition) is 6. The van der Waals surface area contributed by atoms with Crippen molar-refractivity contribution in [2.24, 2.45) is 0 Å². The summed E-state index contributed by atoms with van der Waals surface area (Å²) in [5.41, 5.74) is 0.318. The Labute approximate surface area is 105 Å². The summed E-state index contributed by atoms with van der Waals surface area (Å²) >= 11 is 0. The van der Waals surface area contributed by atoms with Crippen molar-refractivity contribution in [3.05, 3.63) is 23.3 Å². The SMILES string of the molecule is CNCC(O)C(O)c1cc(O)c(OC)cc1C=O. The van der Waals surface area contributed by atoms with E-state index in [0.29, 0.717) is 6.29 Å². The first-order valence-corrected chi connectivity index (χ1v) is 5.42. The summed E-state index contributed by atoms with van der Waals surface area (Å²) in [5, 5.41) is 31.9. The van der Waals surface area contributed by atoms with Crippen LogP contribution >= 0.6 is 0 Å². The lowest BCUT2D eigenvalue weighted by molar-refractivity contribution is 0.0197. The standard InChI is InChI=1S/C12H17NO5/c1-13-5-10(16)12(17)8-4-9(15)11(18-2)3-7(8)6-14/h3-4,6,10,12-13,15-17H,5H2,1-2H3. The summed E-state index contributed by atoms with van der Waals surface area (Å²) in [7, 11) is 2.98. The van der Waals surface area contributed by atoms with Crippen LogP contribution in [0.1, 0.15) is 22.0 Å². The molecule has 1 aromatic rings. The summed E-state index contributed by atoms with van der Waals surface area (Å²) < 4.78 is 4.86. The maximum Gasteiger partial charge on any atom is 0.161 e. The largest absolute Gasteiger partial charge is 0.504 e. The molecule has 6 nitrogen and oxygen atoms in total. The molecule has 0 amide bonds. The van der Waals surface area contributed by atoms with E-state index in [1.54, 1.807) is 7.05 Å². The van der Waals surface area contributed by atoms with Crippen LogP contribution in [-0.2, 0) is 0 Å². The van der Waals surface area contributed by atoms with E-state index in [0.717, 1.165) is 0 Å². The van der Waals surface area contributed by atoms with Gasteiger partial charge < -0.3 is 25.4 Å². The molecule has 4 N–H and O–H groups in total. The second kappa shape index (κ2) is 6.34. The lowest BCUT2D eigenvalue weighted by Crippen LogP contribution is -2.30. The first-order valence-electron chi connectivity index (χ1n) is 5.42. The fourth-order valence-corrected chi connectivity index (χ4v) is 1.65. The van der Waals surface area contributed by atoms with Gasteiger partial charge in [-0.15, -0.1) is 0 Å². The zero-order valence-electron chi connectivity index (χ0n) is 10.3. The molecule has 0 aliphatic heterocycles. The second-order valence-electron chi connectivity index (χ2n) is 3.84. The van der Waals surface area contributed by atoms with Gasteiger partial charge in [0.1, 0.15) is 6.10 Å². The minimum absolute atomic E-state index is 0.135. The molecule has 0 aliphatic carbocycles. The number of rotatable bonds is 6. The van der Waals surface area contributed by atoms with Crippen LogP contribution in [0.15, 0.2) is 12.1 Å². The highest BCUT2D eigenvalue weighted by Crippen LogP contribution is 2.32. The van der Waals surface area contributed by atoms with Crippen LogP contribution in [0, 0.1) is 0 Å². The first-order chi connectivity index (χ1) is 8.54. The monoisotopic (exact) mass is 255 g/mol. The molecule has 1 aromatic carbocycles. The highest BCUT2D eigenvalue weighted by molar-refractivity contribution is 5.79. The lowest BCUT2D eigenvalue weighted by atomic mass is 9.98. The molecule has 6 heteroatoms. The number of carbonyl (C=O) groups is 1. The van der Waals surface area contributed by atoms with Crippen LogP contribution in [0.5, 0.6) is 11.5 Å². The molecule has 0 aliphatic rings. The summed E-state index contributed by atoms with van der Waals surface area (Å²) in [4.78, 5) is 10.9. The Balaban J connectivity index is 3.14. The number of methoxy groups -OCH3 is 1. The van der Waals surface area contributed by atoms with Crippen LogP contribution in [0.4, 0.5) is 0 Å². The van der Waals surface area contributed by atoms with Gasteiger partial charge in [-0.1, -0.05) is 0 Å². The van der Waals surface area contributed by atoms with Crippen molar-refractivity contribution in [2.75, 3.05) is 20.7 Å². The van der Waals surface area contributed by atoms with Gasteiger partial charge in [0.2, 0.25) is 0 Å². The molecule has 2 atom stereocenters. The normalized spacial score (nSPS) is 14.0. The number of aliphatic hydroxyl groups excluding tert-OH is 2. The molecule has 0 heterocycles. The van der Waals surface area contributed by atoms with Crippen molar-refractivity contribution in [3.63, 3.8) is 0 Å². The summed E-state index contributed by atoms with van der Waals surface area (Å²) in [6.45, 7) is 0.159. The summed E-state index contributed by atoms with van der Waals surface area (Å²) in [5.74, 6) is -0.0648. The fraction of sp³-hybridized carbons (Fsp3) is 0.417. The van der Waals surface area contributed by atoms with Crippen molar-refractivity contribution < 1.29 is 24.9 Å². The number of nitrogens with one attached hydrogen (secondary N) is 1. The highest BCUT2D eigenvalue weighted by Gasteiger charge is 2.22. The quantitative estimate of drug-likeness (QED) is 0.527. The van der Waals surface area contributed by atoms with Crippen molar-refractivity contribution >= 4 is 6.29 Å². The van der Waals surface area contributed by atoms with E-state index in [2.05, 4.69) is 5.32 Å². The molecule has 1 rings (SSSR count). The van der Waals surface area contributed by atoms with E-state index in [9.17, 15) is 20.1 Å². The van der Waals surface area contributed by atoms with E-state index < -0.39 is 12.2 Å². The second-order valence-corrected chi connectivity index (χ2v) is 3.84. The molecule has 0 radical (unpaired) electrons. The fourth-order valence-electron chi connectivity index (χ4n) is 1.65. The predicted octanol–water partition coefficient (Wildman–Crippen LogP) is -0.173. The predicted molar refractivity (Wildman–Crippen MR) is 64.9 cm³/mol. The van der Waals surface area contributed by atoms with Crippen molar-refractivity contribution in [1.29, 1.82) is 0 Å². The number of carbonyl (C=O) groups excluding carboxylic acids is 1. The Kier molecular flexibility index (Phi) is 5.08. The zero-order valence-corrected chi connectivity index (χ0v) is 10.3. The summed E-state index contributed by atoms with van der Waals surface area (Å²) in [6, 6.07) is 2.53. The van der Waals surface area contributed by atoms with Gasteiger partial charge in [0.25, 0.3) is 0 Å². The lowest BCUT2D eigenvalue weighted by Gasteiger charge is -2.20. The molecule has 0 aromatic heterocycles. The van der Waals surface area contributed by atoms with Gasteiger partial charge in [-0.3, -0.25) is 4.79 Å². The molecule has 18 heavy (non-hydrogen) atoms. The van der Waals surface area contributed by atoms with Crippen molar-refractivity contribution in [2.45, 2.75) is 12.2 Å². The number of likely N-dealkylation sites (N-methyl/N-ethyl adjacent to an activating group) is 1. The Morgan fingerprint density at radius 2 is 2.11 bits per heavy atom. The van der Waals surface area contributed by atoms with Crippen LogP contribution in [0.2, 0.25) is 0 Å². The number of hydrogen-bond donors (Lipinski definition) is 4. The Hall–Kier alpha value is -1.63. The molecular weight excluding hydrogens is 238 g/mol. The number of phenols is 1. The Morgan fingerprint density at radius 3 is 2.61 bits per heavy atom. The molecular formula is C12H17NO5. The Bertz CT molecular complexity index is 421. The number of aldehydes is 1. The number of phenolic OH excluding ortho intramolecular Hbond substituents is 1. The Morgan fingerprint density at radius 1 is 1.44 bits per heavy atom. The molecule has 0 bridgehead atoms. The van der Waals surface area contributed by atoms with Crippen molar-refractivity contribution in [3.8, 4) is 11.5 Å². The average Bonchev–Trinajstić information content (AvgIpc) is 2.37. The minimum atomic E-state index is -1.27. The molecule has 0 saturated heterocycles. The third-order valence-corrected chi connectivity index (χ3v) is 2.61. The number of benzene rings is 1. The maximum atomic E-state index is 10.9. The van der Waals surface area contributed by atoms with Crippen molar-refractivity contribution in [1.82, 2.24) is 5.32 Å². The molecule has 0 spiro atoms. The van der Waals surface area contributed by atoms with Gasteiger partial charge in [0.05, 0.1) is 13.2 Å². The minimum Gasteiger partial charge on any atom is -0.504 e. The van der Waals surface area contributed by atoms with E-state index >= 15 is 0 Å². The van der Waals surface area contributed by atoms with Crippen LogP contribution in [0.25, 0.3) is 0 Å². The molecule has 2 unspecified atom stereocenters. The summed E-state index contributed by atoms with van der Waals surface area (Å²) in [6.07, 6.45) is -1.82. The molecule has 100 valence electrons. The third kappa shape index (κ3) is 2.98. The highest BCUT2D eigenvalue weighted by atomic mass is 16.5. The van der Waals surface area contributed by atoms with Gasteiger partial charge in [0.15, 0.2) is 17.8 Å². The van der Waals surface area contributed by atoms with E-state index in [1.807, 2.05) is 0 Å². The topological polar surface area (TPSA) is 99.0 Å². The number of aromatic hydroxyl groups is 1. The van der Waals surface area contributed by atoms with E-state index in [4.69, 9.17) is 4.74 Å². The third-order valence-electron chi connectivity index (χ3n) is 2.61. The van der Waals surface area contributed by atoms with Gasteiger partial charge in [-0.05, 0) is 24.7 Å².